The van der Waals surface area contributed by atoms with Gasteiger partial charge in [-0.3, -0.25) is 9.78 Å². The molecule has 0 radical (unpaired) electrons. The number of halogens is 2. The average Bonchev–Trinajstić information content (AvgIpc) is 2.16. The van der Waals surface area contributed by atoms with Crippen LogP contribution in [0.4, 0.5) is 14.5 Å². The number of anilines is 1. The maximum Gasteiger partial charge on any atom is 0.257 e. The van der Waals surface area contributed by atoms with Gasteiger partial charge < -0.3 is 10.6 Å². The number of aromatic nitrogens is 1. The van der Waals surface area contributed by atoms with Crippen LogP contribution < -0.4 is 5.73 Å². The highest BCUT2D eigenvalue weighted by molar-refractivity contribution is 5.98. The molecule has 0 atom stereocenters. The van der Waals surface area contributed by atoms with Gasteiger partial charge in [-0.15, -0.1) is 0 Å². The molecular formula is C9H11F2N3O. The first-order valence-corrected chi connectivity index (χ1v) is 4.25. The van der Waals surface area contributed by atoms with E-state index in [0.717, 1.165) is 4.90 Å². The number of nitrogens with zero attached hydrogens (tertiary/aromatic N) is 2. The second kappa shape index (κ2) is 4.68. The molecule has 15 heavy (non-hydrogen) atoms. The van der Waals surface area contributed by atoms with Crippen LogP contribution in [0.15, 0.2) is 18.5 Å². The van der Waals surface area contributed by atoms with E-state index < -0.39 is 18.9 Å². The zero-order chi connectivity index (χ0) is 11.4. The Labute approximate surface area is 85.7 Å². The quantitative estimate of drug-likeness (QED) is 0.818. The molecule has 1 aromatic heterocycles. The number of nitrogens with two attached hydrogens (primary N) is 1. The molecule has 0 saturated carbocycles. The molecule has 0 unspecified atom stereocenters. The second-order valence-electron chi connectivity index (χ2n) is 3.04. The Bertz CT molecular complexity index is 357. The van der Waals surface area contributed by atoms with Crippen LogP contribution in [0.3, 0.4) is 0 Å². The van der Waals surface area contributed by atoms with Crippen molar-refractivity contribution in [2.24, 2.45) is 0 Å². The predicted octanol–water partition coefficient (Wildman–Crippen LogP) is 1.00. The first-order valence-electron chi connectivity index (χ1n) is 4.25. The van der Waals surface area contributed by atoms with Crippen molar-refractivity contribution in [3.8, 4) is 0 Å². The van der Waals surface area contributed by atoms with Crippen molar-refractivity contribution < 1.29 is 13.6 Å². The Balaban J connectivity index is 2.81. The molecule has 1 rings (SSSR count). The molecule has 6 heteroatoms. The first-order chi connectivity index (χ1) is 7.02. The van der Waals surface area contributed by atoms with Crippen LogP contribution in [0.25, 0.3) is 0 Å². The standard InChI is InChI=1S/C9H11F2N3O/c1-14(5-8(10)11)9(15)6-4-13-3-2-7(6)12/h2-4,8H,5H2,1H3,(H2,12,13). The lowest BCUT2D eigenvalue weighted by Crippen LogP contribution is -2.31. The van der Waals surface area contributed by atoms with Crippen molar-refractivity contribution in [3.05, 3.63) is 24.0 Å². The van der Waals surface area contributed by atoms with Gasteiger partial charge in [-0.2, -0.15) is 0 Å². The van der Waals surface area contributed by atoms with Gasteiger partial charge in [0.15, 0.2) is 0 Å². The lowest BCUT2D eigenvalue weighted by molar-refractivity contribution is 0.0621. The van der Waals surface area contributed by atoms with E-state index in [9.17, 15) is 13.6 Å². The second-order valence-corrected chi connectivity index (χ2v) is 3.04. The fourth-order valence-corrected chi connectivity index (χ4v) is 1.08. The van der Waals surface area contributed by atoms with Crippen LogP contribution in [0.5, 0.6) is 0 Å². The summed E-state index contributed by atoms with van der Waals surface area (Å²) in [5.41, 5.74) is 5.89. The van der Waals surface area contributed by atoms with Crippen LogP contribution in [0.2, 0.25) is 0 Å². The van der Waals surface area contributed by atoms with E-state index in [2.05, 4.69) is 4.98 Å². The van der Waals surface area contributed by atoms with E-state index in [-0.39, 0.29) is 11.3 Å². The molecule has 0 bridgehead atoms. The summed E-state index contributed by atoms with van der Waals surface area (Å²) in [4.78, 5) is 16.2. The van der Waals surface area contributed by atoms with Crippen molar-refractivity contribution in [1.82, 2.24) is 9.88 Å². The van der Waals surface area contributed by atoms with Crippen LogP contribution in [-0.2, 0) is 0 Å². The summed E-state index contributed by atoms with van der Waals surface area (Å²) in [6, 6.07) is 1.45. The minimum atomic E-state index is -2.56. The molecule has 0 saturated heterocycles. The third-order valence-corrected chi connectivity index (χ3v) is 1.84. The van der Waals surface area contributed by atoms with Crippen molar-refractivity contribution >= 4 is 11.6 Å². The number of alkyl halides is 2. The highest BCUT2D eigenvalue weighted by atomic mass is 19.3. The summed E-state index contributed by atoms with van der Waals surface area (Å²) in [7, 11) is 1.29. The van der Waals surface area contributed by atoms with E-state index in [1.165, 1.54) is 25.5 Å². The summed E-state index contributed by atoms with van der Waals surface area (Å²) < 4.78 is 24.0. The molecule has 1 heterocycles. The van der Waals surface area contributed by atoms with Gasteiger partial charge in [0.2, 0.25) is 0 Å². The van der Waals surface area contributed by atoms with Crippen molar-refractivity contribution in [2.45, 2.75) is 6.43 Å². The van der Waals surface area contributed by atoms with Crippen LogP contribution in [0, 0.1) is 0 Å². The van der Waals surface area contributed by atoms with Crippen LogP contribution in [-0.4, -0.2) is 35.8 Å². The summed E-state index contributed by atoms with van der Waals surface area (Å²) in [6.07, 6.45) is 0.135. The molecule has 2 N–H and O–H groups in total. The molecule has 0 aliphatic rings. The smallest absolute Gasteiger partial charge is 0.257 e. The maximum absolute atomic E-state index is 12.0. The molecule has 0 aliphatic heterocycles. The Hall–Kier alpha value is -1.72. The van der Waals surface area contributed by atoms with E-state index in [4.69, 9.17) is 5.73 Å². The van der Waals surface area contributed by atoms with Crippen LogP contribution >= 0.6 is 0 Å². The number of carbonyl (C=O) groups is 1. The van der Waals surface area contributed by atoms with Gasteiger partial charge in [0.05, 0.1) is 12.1 Å². The summed E-state index contributed by atoms with van der Waals surface area (Å²) in [6.45, 7) is -0.618. The molecule has 4 nitrogen and oxygen atoms in total. The number of pyridine rings is 1. The van der Waals surface area contributed by atoms with Gasteiger partial charge in [0.25, 0.3) is 12.3 Å². The largest absolute Gasteiger partial charge is 0.398 e. The molecule has 1 amide bonds. The highest BCUT2D eigenvalue weighted by Crippen LogP contribution is 2.11. The van der Waals surface area contributed by atoms with Gasteiger partial charge in [-0.25, -0.2) is 8.78 Å². The Morgan fingerprint density at radius 2 is 2.33 bits per heavy atom. The topological polar surface area (TPSA) is 59.2 Å². The molecule has 1 aromatic rings. The van der Waals surface area contributed by atoms with E-state index >= 15 is 0 Å². The lowest BCUT2D eigenvalue weighted by atomic mass is 10.2. The molecule has 82 valence electrons. The van der Waals surface area contributed by atoms with Gasteiger partial charge in [-0.05, 0) is 6.07 Å². The number of hydrogen-bond acceptors (Lipinski definition) is 3. The van der Waals surface area contributed by atoms with Crippen molar-refractivity contribution in [1.29, 1.82) is 0 Å². The minimum Gasteiger partial charge on any atom is -0.398 e. The molecule has 0 fully saturated rings. The van der Waals surface area contributed by atoms with Crippen LogP contribution in [0.1, 0.15) is 10.4 Å². The summed E-state index contributed by atoms with van der Waals surface area (Å²) in [5, 5.41) is 0. The molecule has 0 aromatic carbocycles. The number of nitrogen functional groups attached to an aromatic ring is 1. The highest BCUT2D eigenvalue weighted by Gasteiger charge is 2.17. The Morgan fingerprint density at radius 1 is 1.67 bits per heavy atom. The van der Waals surface area contributed by atoms with Gasteiger partial charge in [0.1, 0.15) is 0 Å². The van der Waals surface area contributed by atoms with E-state index in [1.807, 2.05) is 0 Å². The minimum absolute atomic E-state index is 0.139. The predicted molar refractivity (Wildman–Crippen MR) is 51.6 cm³/mol. The average molecular weight is 215 g/mol. The fourth-order valence-electron chi connectivity index (χ4n) is 1.08. The third-order valence-electron chi connectivity index (χ3n) is 1.84. The van der Waals surface area contributed by atoms with Gasteiger partial charge in [-0.1, -0.05) is 0 Å². The molecule has 0 spiro atoms. The van der Waals surface area contributed by atoms with Gasteiger partial charge in [0, 0.05) is 25.1 Å². The number of rotatable bonds is 3. The monoisotopic (exact) mass is 215 g/mol. The molecule has 0 aliphatic carbocycles. The zero-order valence-corrected chi connectivity index (χ0v) is 8.15. The van der Waals surface area contributed by atoms with E-state index in [0.29, 0.717) is 0 Å². The zero-order valence-electron chi connectivity index (χ0n) is 8.15. The summed E-state index contributed by atoms with van der Waals surface area (Å²) in [5.74, 6) is -0.555. The third kappa shape index (κ3) is 2.87. The first kappa shape index (κ1) is 11.4. The van der Waals surface area contributed by atoms with Crippen molar-refractivity contribution in [3.63, 3.8) is 0 Å². The number of carbonyl (C=O) groups excluding carboxylic acids is 1. The molecular weight excluding hydrogens is 204 g/mol. The normalized spacial score (nSPS) is 10.4. The number of amides is 1. The number of hydrogen-bond donors (Lipinski definition) is 1. The van der Waals surface area contributed by atoms with Crippen molar-refractivity contribution in [2.75, 3.05) is 19.3 Å². The van der Waals surface area contributed by atoms with Gasteiger partial charge >= 0.3 is 0 Å². The SMILES string of the molecule is CN(CC(F)F)C(=O)c1cnccc1N. The lowest BCUT2D eigenvalue weighted by Gasteiger charge is -2.16. The Morgan fingerprint density at radius 3 is 2.87 bits per heavy atom. The summed E-state index contributed by atoms with van der Waals surface area (Å²) >= 11 is 0. The van der Waals surface area contributed by atoms with E-state index in [1.54, 1.807) is 0 Å². The Kier molecular flexibility index (Phi) is 3.54. The fraction of sp³-hybridized carbons (Fsp3) is 0.333. The maximum atomic E-state index is 12.0.